The van der Waals surface area contributed by atoms with E-state index in [1.165, 1.54) is 18.5 Å². The molecule has 1 heterocycles. The molecule has 0 aromatic carbocycles. The predicted molar refractivity (Wildman–Crippen MR) is 74.3 cm³/mol. The third kappa shape index (κ3) is 4.81. The van der Waals surface area contributed by atoms with Crippen LogP contribution in [0.1, 0.15) is 29.3 Å². The number of carboxylic acid groups (broad SMARTS) is 1. The van der Waals surface area contributed by atoms with E-state index in [0.29, 0.717) is 17.7 Å². The summed E-state index contributed by atoms with van der Waals surface area (Å²) in [6.07, 6.45) is 6.00. The third-order valence-corrected chi connectivity index (χ3v) is 2.70. The molecule has 108 valence electrons. The molecule has 0 aliphatic heterocycles. The van der Waals surface area contributed by atoms with Crippen LogP contribution in [0.2, 0.25) is 0 Å². The van der Waals surface area contributed by atoms with E-state index in [4.69, 9.17) is 9.84 Å². The van der Waals surface area contributed by atoms with E-state index in [-0.39, 0.29) is 11.9 Å². The van der Waals surface area contributed by atoms with Crippen molar-refractivity contribution in [1.29, 1.82) is 0 Å². The van der Waals surface area contributed by atoms with Crippen molar-refractivity contribution >= 4 is 18.0 Å². The second-order valence-electron chi connectivity index (χ2n) is 4.17. The molecule has 0 aliphatic rings. The first-order valence-electron chi connectivity index (χ1n) is 6.23. The fourth-order valence-electron chi connectivity index (χ4n) is 1.63. The minimum absolute atomic E-state index is 0.0861. The number of aromatic nitrogens is 1. The summed E-state index contributed by atoms with van der Waals surface area (Å²) < 4.78 is 5.02. The minimum Gasteiger partial charge on any atom is -0.478 e. The fourth-order valence-corrected chi connectivity index (χ4v) is 1.63. The zero-order valence-electron chi connectivity index (χ0n) is 11.5. The second kappa shape index (κ2) is 8.06. The average molecular weight is 278 g/mol. The second-order valence-corrected chi connectivity index (χ2v) is 4.17. The molecular formula is C14H18N2O4. The maximum atomic E-state index is 12.2. The van der Waals surface area contributed by atoms with Crippen LogP contribution >= 0.6 is 0 Å². The first-order chi connectivity index (χ1) is 9.58. The Morgan fingerprint density at radius 2 is 2.30 bits per heavy atom. The molecule has 0 bridgehead atoms. The van der Waals surface area contributed by atoms with Crippen LogP contribution in [0.15, 0.2) is 24.5 Å². The number of pyridine rings is 1. The van der Waals surface area contributed by atoms with Gasteiger partial charge in [-0.15, -0.1) is 0 Å². The quantitative estimate of drug-likeness (QED) is 0.735. The van der Waals surface area contributed by atoms with Crippen LogP contribution < -0.4 is 5.32 Å². The molecule has 0 fully saturated rings. The lowest BCUT2D eigenvalue weighted by Gasteiger charge is -2.16. The van der Waals surface area contributed by atoms with Gasteiger partial charge in [-0.3, -0.25) is 9.78 Å². The van der Waals surface area contributed by atoms with Gasteiger partial charge in [-0.25, -0.2) is 4.79 Å². The van der Waals surface area contributed by atoms with Crippen LogP contribution in [0.25, 0.3) is 6.08 Å². The molecule has 0 saturated carbocycles. The summed E-state index contributed by atoms with van der Waals surface area (Å²) in [6, 6.07) is 1.47. The molecule has 0 saturated heterocycles. The molecule has 6 heteroatoms. The molecule has 6 nitrogen and oxygen atoms in total. The van der Waals surface area contributed by atoms with Crippen LogP contribution in [-0.2, 0) is 9.53 Å². The van der Waals surface area contributed by atoms with Crippen molar-refractivity contribution in [2.45, 2.75) is 19.4 Å². The molecular weight excluding hydrogens is 260 g/mol. The van der Waals surface area contributed by atoms with Crippen LogP contribution in [0.3, 0.4) is 0 Å². The van der Waals surface area contributed by atoms with Gasteiger partial charge in [0.05, 0.1) is 12.6 Å². The number of ether oxygens (including phenoxy) is 1. The van der Waals surface area contributed by atoms with Crippen LogP contribution in [0.5, 0.6) is 0 Å². The highest BCUT2D eigenvalue weighted by molar-refractivity contribution is 5.98. The van der Waals surface area contributed by atoms with Crippen LogP contribution in [-0.4, -0.2) is 41.7 Å². The van der Waals surface area contributed by atoms with Gasteiger partial charge in [-0.2, -0.15) is 0 Å². The Hall–Kier alpha value is -2.21. The monoisotopic (exact) mass is 278 g/mol. The number of carbonyl (C=O) groups excluding carboxylic acids is 1. The number of nitrogens with zero attached hydrogens (tertiary/aromatic N) is 1. The normalized spacial score (nSPS) is 12.3. The first kappa shape index (κ1) is 15.8. The van der Waals surface area contributed by atoms with Gasteiger partial charge in [0.25, 0.3) is 5.91 Å². The number of hydrogen-bond donors (Lipinski definition) is 2. The van der Waals surface area contributed by atoms with E-state index in [0.717, 1.165) is 12.5 Å². The highest BCUT2D eigenvalue weighted by Gasteiger charge is 2.14. The van der Waals surface area contributed by atoms with Crippen molar-refractivity contribution in [3.8, 4) is 0 Å². The lowest BCUT2D eigenvalue weighted by molar-refractivity contribution is -0.131. The molecule has 1 unspecified atom stereocenters. The Balaban J connectivity index is 2.89. The summed E-state index contributed by atoms with van der Waals surface area (Å²) in [4.78, 5) is 26.6. The van der Waals surface area contributed by atoms with Gasteiger partial charge in [0.1, 0.15) is 0 Å². The van der Waals surface area contributed by atoms with Crippen molar-refractivity contribution in [1.82, 2.24) is 10.3 Å². The maximum absolute atomic E-state index is 12.2. The Morgan fingerprint density at radius 3 is 2.90 bits per heavy atom. The van der Waals surface area contributed by atoms with Crippen LogP contribution in [0.4, 0.5) is 0 Å². The van der Waals surface area contributed by atoms with E-state index < -0.39 is 5.97 Å². The van der Waals surface area contributed by atoms with Crippen molar-refractivity contribution in [2.75, 3.05) is 13.7 Å². The molecule has 20 heavy (non-hydrogen) atoms. The Kier molecular flexibility index (Phi) is 6.39. The van der Waals surface area contributed by atoms with Gasteiger partial charge < -0.3 is 15.2 Å². The van der Waals surface area contributed by atoms with Gasteiger partial charge in [0.2, 0.25) is 0 Å². The Morgan fingerprint density at radius 1 is 1.55 bits per heavy atom. The van der Waals surface area contributed by atoms with Crippen LogP contribution in [0, 0.1) is 0 Å². The third-order valence-electron chi connectivity index (χ3n) is 2.70. The molecule has 1 aromatic rings. The highest BCUT2D eigenvalue weighted by Crippen LogP contribution is 2.10. The van der Waals surface area contributed by atoms with Crippen molar-refractivity contribution in [2.24, 2.45) is 0 Å². The smallest absolute Gasteiger partial charge is 0.328 e. The van der Waals surface area contributed by atoms with Gasteiger partial charge in [-0.1, -0.05) is 6.92 Å². The summed E-state index contributed by atoms with van der Waals surface area (Å²) >= 11 is 0. The number of carboxylic acids is 1. The topological polar surface area (TPSA) is 88.5 Å². The standard InChI is InChI=1S/C14H18N2O4/c1-3-11(9-20-2)16-14(19)12-6-7-15-8-10(12)4-5-13(17)18/h4-8,11H,3,9H2,1-2H3,(H,16,19)(H,17,18). The lowest BCUT2D eigenvalue weighted by atomic mass is 10.1. The molecule has 1 atom stereocenters. The molecule has 0 radical (unpaired) electrons. The van der Waals surface area contributed by atoms with E-state index in [2.05, 4.69) is 10.3 Å². The maximum Gasteiger partial charge on any atom is 0.328 e. The Bertz CT molecular complexity index is 500. The Labute approximate surface area is 117 Å². The number of aliphatic carboxylic acids is 1. The first-order valence-corrected chi connectivity index (χ1v) is 6.23. The minimum atomic E-state index is -1.08. The number of amides is 1. The molecule has 2 N–H and O–H groups in total. The van der Waals surface area contributed by atoms with Crippen molar-refractivity contribution in [3.05, 3.63) is 35.7 Å². The summed E-state index contributed by atoms with van der Waals surface area (Å²) in [5, 5.41) is 11.5. The highest BCUT2D eigenvalue weighted by atomic mass is 16.5. The molecule has 1 rings (SSSR count). The van der Waals surface area contributed by atoms with Crippen molar-refractivity contribution in [3.63, 3.8) is 0 Å². The van der Waals surface area contributed by atoms with E-state index >= 15 is 0 Å². The average Bonchev–Trinajstić information content (AvgIpc) is 2.44. The molecule has 0 spiro atoms. The molecule has 1 aromatic heterocycles. The predicted octanol–water partition coefficient (Wildman–Crippen LogP) is 1.33. The largest absolute Gasteiger partial charge is 0.478 e. The zero-order chi connectivity index (χ0) is 15.0. The number of rotatable bonds is 7. The van der Waals surface area contributed by atoms with Gasteiger partial charge in [0, 0.05) is 36.7 Å². The number of methoxy groups -OCH3 is 1. The summed E-state index contributed by atoms with van der Waals surface area (Å²) in [6.45, 7) is 2.37. The fraction of sp³-hybridized carbons (Fsp3) is 0.357. The van der Waals surface area contributed by atoms with Gasteiger partial charge in [-0.05, 0) is 18.6 Å². The number of nitrogens with one attached hydrogen (secondary N) is 1. The van der Waals surface area contributed by atoms with Crippen molar-refractivity contribution < 1.29 is 19.4 Å². The van der Waals surface area contributed by atoms with E-state index in [1.54, 1.807) is 13.2 Å². The lowest BCUT2D eigenvalue weighted by Crippen LogP contribution is -2.37. The summed E-state index contributed by atoms with van der Waals surface area (Å²) in [5.74, 6) is -1.35. The zero-order valence-corrected chi connectivity index (χ0v) is 11.5. The van der Waals surface area contributed by atoms with Gasteiger partial charge in [0.15, 0.2) is 0 Å². The summed E-state index contributed by atoms with van der Waals surface area (Å²) in [7, 11) is 1.57. The SMILES string of the molecule is CCC(COC)NC(=O)c1ccncc1C=CC(=O)O. The van der Waals surface area contributed by atoms with E-state index in [9.17, 15) is 9.59 Å². The number of carbonyl (C=O) groups is 2. The molecule has 0 aliphatic carbocycles. The number of hydrogen-bond acceptors (Lipinski definition) is 4. The summed E-state index contributed by atoms with van der Waals surface area (Å²) in [5.41, 5.74) is 0.840. The molecule has 1 amide bonds. The van der Waals surface area contributed by atoms with Gasteiger partial charge >= 0.3 is 5.97 Å². The van der Waals surface area contributed by atoms with E-state index in [1.807, 2.05) is 6.92 Å².